The van der Waals surface area contributed by atoms with Gasteiger partial charge in [-0.25, -0.2) is 4.79 Å². The molecule has 0 saturated heterocycles. The van der Waals surface area contributed by atoms with Crippen molar-refractivity contribution in [3.63, 3.8) is 0 Å². The van der Waals surface area contributed by atoms with E-state index in [0.29, 0.717) is 6.42 Å². The molecule has 1 saturated carbocycles. The van der Waals surface area contributed by atoms with Gasteiger partial charge in [-0.15, -0.1) is 0 Å². The zero-order valence-electron chi connectivity index (χ0n) is 14.2. The summed E-state index contributed by atoms with van der Waals surface area (Å²) >= 11 is 0. The van der Waals surface area contributed by atoms with Crippen LogP contribution in [0.5, 0.6) is 0 Å². The fourth-order valence-electron chi connectivity index (χ4n) is 3.31. The summed E-state index contributed by atoms with van der Waals surface area (Å²) in [5.74, 6) is -1.15. The molecule has 1 aliphatic carbocycles. The molecule has 1 heterocycles. The number of aliphatic hydroxyl groups excluding tert-OH is 1. The van der Waals surface area contributed by atoms with E-state index in [2.05, 4.69) is 10.5 Å². The Balaban J connectivity index is 2.14. The number of carbonyl (C=O) groups is 2. The van der Waals surface area contributed by atoms with Crippen molar-refractivity contribution in [2.75, 3.05) is 13.2 Å². The van der Waals surface area contributed by atoms with E-state index in [9.17, 15) is 14.7 Å². The van der Waals surface area contributed by atoms with Crippen molar-refractivity contribution in [2.24, 2.45) is 16.5 Å². The third kappa shape index (κ3) is 3.20. The first-order valence-corrected chi connectivity index (χ1v) is 8.11. The minimum absolute atomic E-state index is 0.0935. The fraction of sp³-hybridized carbons (Fsp3) is 0.812. The highest BCUT2D eigenvalue weighted by Crippen LogP contribution is 2.47. The second-order valence-electron chi connectivity index (χ2n) is 7.11. The van der Waals surface area contributed by atoms with Gasteiger partial charge in [0.2, 0.25) is 5.60 Å². The van der Waals surface area contributed by atoms with Gasteiger partial charge in [0.1, 0.15) is 0 Å². The molecule has 2 aliphatic rings. The molecule has 0 aromatic carbocycles. The standard InChI is InChI=1S/C16H26N2O5/c1-5-22-13(20)11(9-19)17-14(21)16-8-6-7-10(16)12(18-23-16)15(2,3)4/h10-11,19H,5-9H2,1-4H3,(H,17,21). The van der Waals surface area contributed by atoms with Crippen molar-refractivity contribution in [3.8, 4) is 0 Å². The van der Waals surface area contributed by atoms with Gasteiger partial charge in [-0.1, -0.05) is 25.9 Å². The van der Waals surface area contributed by atoms with Gasteiger partial charge in [-0.3, -0.25) is 4.79 Å². The molecule has 3 atom stereocenters. The number of rotatable bonds is 5. The first-order valence-electron chi connectivity index (χ1n) is 8.11. The van der Waals surface area contributed by atoms with Crippen molar-refractivity contribution < 1.29 is 24.3 Å². The third-order valence-corrected chi connectivity index (χ3v) is 4.45. The quantitative estimate of drug-likeness (QED) is 0.735. The Kier molecular flexibility index (Phi) is 4.98. The highest BCUT2D eigenvalue weighted by atomic mass is 16.7. The lowest BCUT2D eigenvalue weighted by Crippen LogP contribution is -2.56. The SMILES string of the molecule is CCOC(=O)C(CO)NC(=O)C12CCCC1C(C(C)(C)C)=NO2. The molecule has 2 N–H and O–H groups in total. The summed E-state index contributed by atoms with van der Waals surface area (Å²) in [6.07, 6.45) is 2.23. The molecule has 7 heteroatoms. The monoisotopic (exact) mass is 326 g/mol. The molecule has 0 aromatic rings. The number of ether oxygens (including phenoxy) is 1. The van der Waals surface area contributed by atoms with E-state index in [1.165, 1.54) is 0 Å². The van der Waals surface area contributed by atoms with Crippen molar-refractivity contribution >= 4 is 17.6 Å². The van der Waals surface area contributed by atoms with E-state index >= 15 is 0 Å². The summed E-state index contributed by atoms with van der Waals surface area (Å²) in [7, 11) is 0. The van der Waals surface area contributed by atoms with Crippen molar-refractivity contribution in [3.05, 3.63) is 0 Å². The predicted molar refractivity (Wildman–Crippen MR) is 83.7 cm³/mol. The van der Waals surface area contributed by atoms with Crippen LogP contribution in [0.25, 0.3) is 0 Å². The summed E-state index contributed by atoms with van der Waals surface area (Å²) in [6, 6.07) is -1.08. The molecule has 0 aromatic heterocycles. The maximum atomic E-state index is 12.8. The number of amides is 1. The molecule has 23 heavy (non-hydrogen) atoms. The van der Waals surface area contributed by atoms with E-state index < -0.39 is 30.1 Å². The number of esters is 1. The van der Waals surface area contributed by atoms with E-state index in [0.717, 1.165) is 18.6 Å². The Morgan fingerprint density at radius 1 is 1.52 bits per heavy atom. The Labute approximate surface area is 136 Å². The lowest BCUT2D eigenvalue weighted by molar-refractivity contribution is -0.155. The number of oxime groups is 1. The second-order valence-corrected chi connectivity index (χ2v) is 7.11. The van der Waals surface area contributed by atoms with Gasteiger partial charge in [-0.05, 0) is 26.2 Å². The summed E-state index contributed by atoms with van der Waals surface area (Å²) in [5, 5.41) is 16.1. The lowest BCUT2D eigenvalue weighted by Gasteiger charge is -2.29. The molecule has 1 fully saturated rings. The van der Waals surface area contributed by atoms with Gasteiger partial charge in [0.05, 0.1) is 24.8 Å². The van der Waals surface area contributed by atoms with Crippen LogP contribution in [0, 0.1) is 11.3 Å². The maximum Gasteiger partial charge on any atom is 0.331 e. The molecule has 0 bridgehead atoms. The number of hydrogen-bond donors (Lipinski definition) is 2. The van der Waals surface area contributed by atoms with Crippen LogP contribution >= 0.6 is 0 Å². The largest absolute Gasteiger partial charge is 0.464 e. The zero-order valence-corrected chi connectivity index (χ0v) is 14.2. The normalized spacial score (nSPS) is 27.7. The summed E-state index contributed by atoms with van der Waals surface area (Å²) in [5.41, 5.74) is -0.376. The molecular formula is C16H26N2O5. The number of fused-ring (bicyclic) bond motifs is 1. The van der Waals surface area contributed by atoms with Crippen LogP contribution in [0.2, 0.25) is 0 Å². The van der Waals surface area contributed by atoms with Gasteiger partial charge >= 0.3 is 5.97 Å². The maximum absolute atomic E-state index is 12.8. The van der Waals surface area contributed by atoms with E-state index in [4.69, 9.17) is 9.57 Å². The van der Waals surface area contributed by atoms with E-state index in [-0.39, 0.29) is 17.9 Å². The number of aliphatic hydroxyl groups is 1. The number of carbonyl (C=O) groups excluding carboxylic acids is 2. The van der Waals surface area contributed by atoms with Crippen molar-refractivity contribution in [1.82, 2.24) is 5.32 Å². The molecule has 2 rings (SSSR count). The van der Waals surface area contributed by atoms with Gasteiger partial charge in [0.15, 0.2) is 6.04 Å². The van der Waals surface area contributed by atoms with Gasteiger partial charge in [-0.2, -0.15) is 0 Å². The van der Waals surface area contributed by atoms with Crippen LogP contribution in [-0.4, -0.2) is 47.6 Å². The van der Waals surface area contributed by atoms with Crippen molar-refractivity contribution in [2.45, 2.75) is 58.6 Å². The van der Waals surface area contributed by atoms with Gasteiger partial charge in [0.25, 0.3) is 5.91 Å². The predicted octanol–water partition coefficient (Wildman–Crippen LogP) is 0.998. The van der Waals surface area contributed by atoms with Crippen LogP contribution in [0.1, 0.15) is 47.0 Å². The summed E-state index contributed by atoms with van der Waals surface area (Å²) < 4.78 is 4.86. The molecule has 1 aliphatic heterocycles. The Morgan fingerprint density at radius 3 is 2.78 bits per heavy atom. The van der Waals surface area contributed by atoms with E-state index in [1.807, 2.05) is 20.8 Å². The number of hydrogen-bond acceptors (Lipinski definition) is 6. The first-order chi connectivity index (χ1) is 10.8. The van der Waals surface area contributed by atoms with Crippen LogP contribution < -0.4 is 5.32 Å². The second kappa shape index (κ2) is 6.47. The van der Waals surface area contributed by atoms with Gasteiger partial charge in [0, 0.05) is 5.41 Å². The average molecular weight is 326 g/mol. The molecule has 1 amide bonds. The fourth-order valence-corrected chi connectivity index (χ4v) is 3.31. The van der Waals surface area contributed by atoms with Crippen LogP contribution in [0.3, 0.4) is 0 Å². The molecule has 130 valence electrons. The first kappa shape index (κ1) is 17.7. The average Bonchev–Trinajstić information content (AvgIpc) is 3.02. The minimum atomic E-state index is -1.08. The molecule has 7 nitrogen and oxygen atoms in total. The molecule has 3 unspecified atom stereocenters. The van der Waals surface area contributed by atoms with Crippen LogP contribution in [0.4, 0.5) is 0 Å². The molecular weight excluding hydrogens is 300 g/mol. The zero-order chi connectivity index (χ0) is 17.3. The third-order valence-electron chi connectivity index (χ3n) is 4.45. The Hall–Kier alpha value is -1.63. The number of nitrogens with one attached hydrogen (secondary N) is 1. The molecule has 0 radical (unpaired) electrons. The number of nitrogens with zero attached hydrogens (tertiary/aromatic N) is 1. The van der Waals surface area contributed by atoms with Gasteiger partial charge < -0.3 is 20.0 Å². The smallest absolute Gasteiger partial charge is 0.331 e. The lowest BCUT2D eigenvalue weighted by atomic mass is 9.76. The topological polar surface area (TPSA) is 97.2 Å². The minimum Gasteiger partial charge on any atom is -0.464 e. The van der Waals surface area contributed by atoms with Crippen LogP contribution in [-0.2, 0) is 19.2 Å². The Morgan fingerprint density at radius 2 is 2.22 bits per heavy atom. The van der Waals surface area contributed by atoms with E-state index in [1.54, 1.807) is 6.92 Å². The highest BCUT2D eigenvalue weighted by Gasteiger charge is 2.59. The summed E-state index contributed by atoms with van der Waals surface area (Å²) in [4.78, 5) is 30.1. The summed E-state index contributed by atoms with van der Waals surface area (Å²) in [6.45, 7) is 7.46. The Bertz CT molecular complexity index is 511. The molecule has 0 spiro atoms. The highest BCUT2D eigenvalue weighted by molar-refractivity contribution is 6.01. The van der Waals surface area contributed by atoms with Crippen LogP contribution in [0.15, 0.2) is 5.16 Å². The van der Waals surface area contributed by atoms with Crippen molar-refractivity contribution in [1.29, 1.82) is 0 Å².